The number of carbonyl (C=O) groups is 5. The molecule has 1 aromatic rings. The Bertz CT molecular complexity index is 1340. The van der Waals surface area contributed by atoms with Crippen molar-refractivity contribution in [2.45, 2.75) is 118 Å². The number of Topliss-reactive ketones (excluding diaryl/α,β-unsaturated/α-hetero) is 1. The van der Waals surface area contributed by atoms with Gasteiger partial charge in [-0.15, -0.1) is 0 Å². The van der Waals surface area contributed by atoms with Crippen LogP contribution in [-0.4, -0.2) is 48.0 Å². The number of hydrogen-bond acceptors (Lipinski definition) is 9. The fourth-order valence-corrected chi connectivity index (χ4v) is 10.6. The van der Waals surface area contributed by atoms with Crippen LogP contribution in [0.5, 0.6) is 0 Å². The van der Waals surface area contributed by atoms with Gasteiger partial charge in [0.2, 0.25) is 0 Å². The topological polar surface area (TPSA) is 122 Å². The molecule has 0 saturated heterocycles. The number of benzene rings is 1. The van der Waals surface area contributed by atoms with Gasteiger partial charge in [0.1, 0.15) is 24.1 Å². The summed E-state index contributed by atoms with van der Waals surface area (Å²) in [5, 5.41) is 0. The Labute approximate surface area is 272 Å². The Morgan fingerprint density at radius 2 is 1.39 bits per heavy atom. The average Bonchev–Trinajstić information content (AvgIpc) is 3.32. The molecule has 46 heavy (non-hydrogen) atoms. The predicted molar refractivity (Wildman–Crippen MR) is 168 cm³/mol. The minimum atomic E-state index is -0.738. The van der Waals surface area contributed by atoms with Crippen LogP contribution in [0.15, 0.2) is 30.3 Å². The molecule has 0 unspecified atom stereocenters. The Kier molecular flexibility index (Phi) is 9.72. The summed E-state index contributed by atoms with van der Waals surface area (Å²) < 4.78 is 23.2. The maximum absolute atomic E-state index is 14.0. The van der Waals surface area contributed by atoms with Crippen molar-refractivity contribution in [2.24, 2.45) is 46.3 Å². The molecule has 0 radical (unpaired) electrons. The van der Waals surface area contributed by atoms with Gasteiger partial charge in [0, 0.05) is 46.0 Å². The maximum Gasteiger partial charge on any atom is 0.303 e. The third-order valence-corrected chi connectivity index (χ3v) is 12.3. The highest BCUT2D eigenvalue weighted by Gasteiger charge is 2.65. The van der Waals surface area contributed by atoms with Crippen LogP contribution in [0.4, 0.5) is 0 Å². The Hall–Kier alpha value is -3.23. The lowest BCUT2D eigenvalue weighted by Gasteiger charge is -2.61. The zero-order valence-electron chi connectivity index (χ0n) is 28.3. The second-order valence-electron chi connectivity index (χ2n) is 14.9. The van der Waals surface area contributed by atoms with Gasteiger partial charge in [-0.1, -0.05) is 51.1 Å². The molecule has 4 aliphatic rings. The number of esters is 4. The van der Waals surface area contributed by atoms with Crippen LogP contribution in [0.3, 0.4) is 0 Å². The fraction of sp³-hybridized carbons (Fsp3) is 0.703. The highest BCUT2D eigenvalue weighted by Crippen LogP contribution is 2.68. The van der Waals surface area contributed by atoms with E-state index in [-0.39, 0.29) is 46.2 Å². The molecule has 4 aliphatic carbocycles. The molecule has 0 aliphatic heterocycles. The van der Waals surface area contributed by atoms with Gasteiger partial charge in [0.05, 0.1) is 0 Å². The molecule has 4 fully saturated rings. The predicted octanol–water partition coefficient (Wildman–Crippen LogP) is 6.17. The Morgan fingerprint density at radius 1 is 0.783 bits per heavy atom. The van der Waals surface area contributed by atoms with E-state index < -0.39 is 48.3 Å². The van der Waals surface area contributed by atoms with E-state index in [2.05, 4.69) is 20.8 Å². The first-order chi connectivity index (χ1) is 21.7. The third kappa shape index (κ3) is 6.35. The SMILES string of the molecule is CC(=O)O[C@H]([C@@H](C)[C@H]1CC[C@H]2[C@@H]3CC(=O)[C@H]4C[C@H](OC(C)=O)[C@H](OC(C)=O)C[C@]4(C)[C@H]3CC[C@]12C)[C@H](OC(C)=O)c1ccccc1. The molecular formula is C37H50O9. The minimum absolute atomic E-state index is 0.107. The first kappa shape index (κ1) is 34.1. The van der Waals surface area contributed by atoms with E-state index >= 15 is 0 Å². The second-order valence-corrected chi connectivity index (χ2v) is 14.9. The zero-order chi connectivity index (χ0) is 33.6. The molecule has 5 rings (SSSR count). The van der Waals surface area contributed by atoms with E-state index in [0.29, 0.717) is 25.2 Å². The van der Waals surface area contributed by atoms with Crippen LogP contribution < -0.4 is 0 Å². The molecule has 0 heterocycles. The van der Waals surface area contributed by atoms with Gasteiger partial charge in [-0.3, -0.25) is 24.0 Å². The molecule has 9 nitrogen and oxygen atoms in total. The van der Waals surface area contributed by atoms with E-state index in [0.717, 1.165) is 31.2 Å². The van der Waals surface area contributed by atoms with E-state index in [1.54, 1.807) is 0 Å². The summed E-state index contributed by atoms with van der Waals surface area (Å²) in [7, 11) is 0. The van der Waals surface area contributed by atoms with Crippen molar-refractivity contribution in [1.29, 1.82) is 0 Å². The quantitative estimate of drug-likeness (QED) is 0.243. The van der Waals surface area contributed by atoms with Crippen LogP contribution in [0.1, 0.15) is 105 Å². The zero-order valence-corrected chi connectivity index (χ0v) is 28.3. The van der Waals surface area contributed by atoms with Crippen molar-refractivity contribution in [2.75, 3.05) is 0 Å². The molecule has 0 N–H and O–H groups in total. The number of fused-ring (bicyclic) bond motifs is 5. The molecule has 252 valence electrons. The molecule has 1 aromatic carbocycles. The summed E-state index contributed by atoms with van der Waals surface area (Å²) in [5.74, 6) is -0.966. The van der Waals surface area contributed by atoms with Crippen LogP contribution in [-0.2, 0) is 42.9 Å². The molecule has 0 spiro atoms. The van der Waals surface area contributed by atoms with Crippen molar-refractivity contribution in [1.82, 2.24) is 0 Å². The van der Waals surface area contributed by atoms with Gasteiger partial charge in [-0.2, -0.15) is 0 Å². The average molecular weight is 639 g/mol. The largest absolute Gasteiger partial charge is 0.459 e. The lowest BCUT2D eigenvalue weighted by molar-refractivity contribution is -0.196. The van der Waals surface area contributed by atoms with Crippen molar-refractivity contribution in [3.8, 4) is 0 Å². The van der Waals surface area contributed by atoms with E-state index in [4.69, 9.17) is 18.9 Å². The normalized spacial score (nSPS) is 36.9. The van der Waals surface area contributed by atoms with Crippen LogP contribution >= 0.6 is 0 Å². The maximum atomic E-state index is 14.0. The molecule has 0 amide bonds. The van der Waals surface area contributed by atoms with E-state index in [9.17, 15) is 24.0 Å². The van der Waals surface area contributed by atoms with Crippen molar-refractivity contribution in [3.63, 3.8) is 0 Å². The van der Waals surface area contributed by atoms with Crippen LogP contribution in [0, 0.1) is 46.3 Å². The molecule has 9 heteroatoms. The fourth-order valence-electron chi connectivity index (χ4n) is 10.6. The monoisotopic (exact) mass is 638 g/mol. The van der Waals surface area contributed by atoms with Crippen LogP contribution in [0.2, 0.25) is 0 Å². The van der Waals surface area contributed by atoms with Gasteiger partial charge in [0.25, 0.3) is 0 Å². The lowest BCUT2D eigenvalue weighted by Crippen LogP contribution is -2.60. The van der Waals surface area contributed by atoms with Gasteiger partial charge in [0.15, 0.2) is 6.10 Å². The van der Waals surface area contributed by atoms with Gasteiger partial charge in [-0.05, 0) is 78.6 Å². The lowest BCUT2D eigenvalue weighted by atomic mass is 9.43. The number of rotatable bonds is 8. The second kappa shape index (κ2) is 13.1. The smallest absolute Gasteiger partial charge is 0.303 e. The van der Waals surface area contributed by atoms with E-state index in [1.165, 1.54) is 27.7 Å². The molecule has 4 saturated carbocycles. The Morgan fingerprint density at radius 3 is 2.00 bits per heavy atom. The van der Waals surface area contributed by atoms with Gasteiger partial charge >= 0.3 is 23.9 Å². The molecule has 0 aromatic heterocycles. The first-order valence-corrected chi connectivity index (χ1v) is 16.9. The van der Waals surface area contributed by atoms with Gasteiger partial charge < -0.3 is 18.9 Å². The van der Waals surface area contributed by atoms with Crippen molar-refractivity contribution >= 4 is 29.7 Å². The summed E-state index contributed by atoms with van der Waals surface area (Å²) in [5.41, 5.74) is 0.294. The van der Waals surface area contributed by atoms with Crippen molar-refractivity contribution in [3.05, 3.63) is 35.9 Å². The summed E-state index contributed by atoms with van der Waals surface area (Å²) in [6.45, 7) is 12.1. The Balaban J connectivity index is 1.43. The number of ketones is 1. The highest BCUT2D eigenvalue weighted by molar-refractivity contribution is 5.83. The summed E-state index contributed by atoms with van der Waals surface area (Å²) in [4.78, 5) is 62.7. The number of hydrogen-bond donors (Lipinski definition) is 0. The number of carbonyl (C=O) groups excluding carboxylic acids is 5. The minimum Gasteiger partial charge on any atom is -0.459 e. The first-order valence-electron chi connectivity index (χ1n) is 16.9. The molecular weight excluding hydrogens is 588 g/mol. The van der Waals surface area contributed by atoms with Crippen LogP contribution in [0.25, 0.3) is 0 Å². The highest BCUT2D eigenvalue weighted by atomic mass is 16.6. The summed E-state index contributed by atoms with van der Waals surface area (Å²) >= 11 is 0. The van der Waals surface area contributed by atoms with Gasteiger partial charge in [-0.25, -0.2) is 0 Å². The summed E-state index contributed by atoms with van der Waals surface area (Å²) in [6, 6.07) is 9.45. The third-order valence-electron chi connectivity index (χ3n) is 12.3. The van der Waals surface area contributed by atoms with E-state index in [1.807, 2.05) is 30.3 Å². The van der Waals surface area contributed by atoms with Crippen molar-refractivity contribution < 1.29 is 42.9 Å². The molecule has 12 atom stereocenters. The standard InChI is InChI=1S/C37H50O9/c1-20(34(45-23(4)40)35(46-24(5)41)25-11-9-8-10-12-25)27-13-14-28-26-17-31(42)30-18-32(43-21(2)38)33(44-22(3)39)19-37(30,7)29(26)15-16-36(27,28)6/h8-12,20,26-30,32-35H,13-19H2,1-7H3/t20-,26-,27+,28-,29-,30+,32-,33+,34+,35+,36+,37+/m0/s1. The summed E-state index contributed by atoms with van der Waals surface area (Å²) in [6.07, 6.45) is 2.49. The molecule has 0 bridgehead atoms. The number of ether oxygens (including phenoxy) is 4.